The minimum Gasteiger partial charge on any atom is -0.491 e. The average Bonchev–Trinajstić information content (AvgIpc) is 3.52. The van der Waals surface area contributed by atoms with Gasteiger partial charge < -0.3 is 14.8 Å². The van der Waals surface area contributed by atoms with Crippen LogP contribution in [-0.4, -0.2) is 86.3 Å². The number of nitrogens with zero attached hydrogens (tertiary/aromatic N) is 3. The van der Waals surface area contributed by atoms with E-state index in [2.05, 4.69) is 10.3 Å². The van der Waals surface area contributed by atoms with Crippen LogP contribution in [0.3, 0.4) is 0 Å². The van der Waals surface area contributed by atoms with Crippen LogP contribution in [0.4, 0.5) is 5.00 Å². The van der Waals surface area contributed by atoms with Crippen molar-refractivity contribution in [2.75, 3.05) is 50.7 Å². The number of sulfone groups is 1. The van der Waals surface area contributed by atoms with Gasteiger partial charge in [-0.05, 0) is 45.0 Å². The summed E-state index contributed by atoms with van der Waals surface area (Å²) in [6.07, 6.45) is 3.10. The molecule has 1 N–H and O–H groups in total. The summed E-state index contributed by atoms with van der Waals surface area (Å²) < 4.78 is 35.4. The maximum Gasteiger partial charge on any atom is 0.265 e. The lowest BCUT2D eigenvalue weighted by Gasteiger charge is -2.26. The van der Waals surface area contributed by atoms with Crippen molar-refractivity contribution >= 4 is 43.9 Å². The molecule has 0 unspecified atom stereocenters. The third-order valence-corrected chi connectivity index (χ3v) is 7.77. The topological polar surface area (TPSA) is 135 Å². The molecule has 4 heterocycles. The lowest BCUT2D eigenvalue weighted by Crippen LogP contribution is -2.38. The van der Waals surface area contributed by atoms with Crippen LogP contribution in [0.2, 0.25) is 0 Å². The van der Waals surface area contributed by atoms with Crippen LogP contribution in [0.15, 0.2) is 17.5 Å². The van der Waals surface area contributed by atoms with E-state index < -0.39 is 33.4 Å². The standard InChI is InChI=1S/C23H28N4O7S2/c1-4-34-20-17(33-2)8-7-15(24-20)16(13-36(3,31)32)27-22(29)14-12-35-21(19(14)23(27)30)25-18(28)11-26-9-5-6-10-26/h7-8,12,16H,4-6,9-11,13H2,1-3H3,(H,25,28)/t16-/m1/s1. The van der Waals surface area contributed by atoms with Crippen LogP contribution in [0.25, 0.3) is 0 Å². The number of thiophene rings is 1. The lowest BCUT2D eigenvalue weighted by molar-refractivity contribution is -0.117. The smallest absolute Gasteiger partial charge is 0.265 e. The Bertz CT molecular complexity index is 1290. The fourth-order valence-electron chi connectivity index (χ4n) is 4.36. The Kier molecular flexibility index (Phi) is 7.62. The zero-order valence-corrected chi connectivity index (χ0v) is 21.9. The number of fused-ring (bicyclic) bond motifs is 1. The van der Waals surface area contributed by atoms with E-state index in [1.165, 1.54) is 18.6 Å². The molecule has 1 saturated heterocycles. The summed E-state index contributed by atoms with van der Waals surface area (Å²) in [6, 6.07) is 1.85. The highest BCUT2D eigenvalue weighted by Crippen LogP contribution is 2.40. The summed E-state index contributed by atoms with van der Waals surface area (Å²) in [4.78, 5) is 46.7. The molecule has 11 nitrogen and oxygen atoms in total. The SMILES string of the molecule is CCOc1nc([C@@H](CS(C)(=O)=O)N2C(=O)c3csc(NC(=O)CN4CCCC4)c3C2=O)ccc1OC. The second-order valence-electron chi connectivity index (χ2n) is 8.65. The van der Waals surface area contributed by atoms with E-state index in [1.54, 1.807) is 13.0 Å². The van der Waals surface area contributed by atoms with E-state index in [1.807, 2.05) is 4.90 Å². The number of imide groups is 1. The summed E-state index contributed by atoms with van der Waals surface area (Å²) in [7, 11) is -2.20. The second-order valence-corrected chi connectivity index (χ2v) is 11.7. The third-order valence-electron chi connectivity index (χ3n) is 5.95. The number of hydrogen-bond acceptors (Lipinski definition) is 10. The van der Waals surface area contributed by atoms with Gasteiger partial charge in [0.25, 0.3) is 17.7 Å². The molecule has 1 atom stereocenters. The highest BCUT2D eigenvalue weighted by molar-refractivity contribution is 7.90. The number of aromatic nitrogens is 1. The van der Waals surface area contributed by atoms with E-state index in [4.69, 9.17) is 9.47 Å². The minimum atomic E-state index is -3.64. The van der Waals surface area contributed by atoms with Gasteiger partial charge >= 0.3 is 0 Å². The molecule has 0 spiro atoms. The number of carbonyl (C=O) groups is 3. The lowest BCUT2D eigenvalue weighted by atomic mass is 10.1. The minimum absolute atomic E-state index is 0.0665. The zero-order chi connectivity index (χ0) is 26.0. The molecule has 0 aliphatic carbocycles. The van der Waals surface area contributed by atoms with Gasteiger partial charge in [-0.2, -0.15) is 0 Å². The van der Waals surface area contributed by atoms with Crippen molar-refractivity contribution < 1.29 is 32.3 Å². The van der Waals surface area contributed by atoms with Crippen LogP contribution >= 0.6 is 11.3 Å². The van der Waals surface area contributed by atoms with E-state index in [9.17, 15) is 22.8 Å². The fraction of sp³-hybridized carbons (Fsp3) is 0.478. The van der Waals surface area contributed by atoms with E-state index >= 15 is 0 Å². The summed E-state index contributed by atoms with van der Waals surface area (Å²) in [5.74, 6) is -1.67. The zero-order valence-electron chi connectivity index (χ0n) is 20.3. The number of rotatable bonds is 10. The maximum atomic E-state index is 13.5. The maximum absolute atomic E-state index is 13.5. The Morgan fingerprint density at radius 2 is 1.94 bits per heavy atom. The first-order valence-electron chi connectivity index (χ1n) is 11.5. The molecule has 2 aliphatic rings. The van der Waals surface area contributed by atoms with Crippen molar-refractivity contribution in [3.8, 4) is 11.6 Å². The molecular weight excluding hydrogens is 508 g/mol. The van der Waals surface area contributed by atoms with E-state index in [0.29, 0.717) is 5.75 Å². The Balaban J connectivity index is 1.65. The number of anilines is 1. The number of amides is 3. The first-order chi connectivity index (χ1) is 17.1. The molecule has 3 amide bonds. The van der Waals surface area contributed by atoms with Gasteiger partial charge in [-0.1, -0.05) is 0 Å². The van der Waals surface area contributed by atoms with Gasteiger partial charge in [0.1, 0.15) is 14.8 Å². The molecule has 36 heavy (non-hydrogen) atoms. The van der Waals surface area contributed by atoms with Crippen LogP contribution in [-0.2, 0) is 14.6 Å². The molecule has 0 aromatic carbocycles. The van der Waals surface area contributed by atoms with Crippen LogP contribution in [0.5, 0.6) is 11.6 Å². The predicted octanol–water partition coefficient (Wildman–Crippen LogP) is 1.97. The van der Waals surface area contributed by atoms with Gasteiger partial charge in [0.15, 0.2) is 5.75 Å². The monoisotopic (exact) mass is 536 g/mol. The number of carbonyl (C=O) groups excluding carboxylic acids is 3. The average molecular weight is 537 g/mol. The summed E-state index contributed by atoms with van der Waals surface area (Å²) >= 11 is 1.09. The van der Waals surface area contributed by atoms with Crippen LogP contribution in [0, 0.1) is 0 Å². The van der Waals surface area contributed by atoms with Crippen molar-refractivity contribution in [3.63, 3.8) is 0 Å². The van der Waals surface area contributed by atoms with Crippen molar-refractivity contribution in [2.24, 2.45) is 0 Å². The number of methoxy groups -OCH3 is 1. The summed E-state index contributed by atoms with van der Waals surface area (Å²) in [5, 5.41) is 4.53. The molecular formula is C23H28N4O7S2. The van der Waals surface area contributed by atoms with Gasteiger partial charge in [-0.3, -0.25) is 24.2 Å². The Morgan fingerprint density at radius 1 is 1.22 bits per heavy atom. The number of ether oxygens (including phenoxy) is 2. The third kappa shape index (κ3) is 5.37. The molecule has 13 heteroatoms. The van der Waals surface area contributed by atoms with Crippen molar-refractivity contribution in [1.29, 1.82) is 0 Å². The molecule has 2 aliphatic heterocycles. The quantitative estimate of drug-likeness (QED) is 0.452. The molecule has 0 bridgehead atoms. The number of likely N-dealkylation sites (tertiary alicyclic amines) is 1. The fourth-order valence-corrected chi connectivity index (χ4v) is 6.19. The van der Waals surface area contributed by atoms with Gasteiger partial charge in [-0.15, -0.1) is 11.3 Å². The molecule has 2 aromatic heterocycles. The number of hydrogen-bond donors (Lipinski definition) is 1. The highest BCUT2D eigenvalue weighted by atomic mass is 32.2. The summed E-state index contributed by atoms with van der Waals surface area (Å²) in [5.41, 5.74) is 0.357. The Morgan fingerprint density at radius 3 is 2.58 bits per heavy atom. The molecule has 194 valence electrons. The molecule has 0 saturated carbocycles. The van der Waals surface area contributed by atoms with Gasteiger partial charge in [0, 0.05) is 11.6 Å². The normalized spacial score (nSPS) is 16.8. The van der Waals surface area contributed by atoms with Crippen molar-refractivity contribution in [3.05, 3.63) is 34.3 Å². The highest BCUT2D eigenvalue weighted by Gasteiger charge is 2.45. The first kappa shape index (κ1) is 26.0. The largest absolute Gasteiger partial charge is 0.491 e. The van der Waals surface area contributed by atoms with E-state index in [-0.39, 0.29) is 46.8 Å². The number of nitrogens with one attached hydrogen (secondary N) is 1. The van der Waals surface area contributed by atoms with E-state index in [0.717, 1.165) is 48.4 Å². The van der Waals surface area contributed by atoms with Gasteiger partial charge in [0.05, 0.1) is 48.9 Å². The van der Waals surface area contributed by atoms with Gasteiger partial charge in [-0.25, -0.2) is 13.4 Å². The molecule has 0 radical (unpaired) electrons. The first-order valence-corrected chi connectivity index (χ1v) is 14.4. The second kappa shape index (κ2) is 10.5. The van der Waals surface area contributed by atoms with Crippen LogP contribution < -0.4 is 14.8 Å². The Hall–Kier alpha value is -3.03. The summed E-state index contributed by atoms with van der Waals surface area (Å²) in [6.45, 7) is 3.92. The van der Waals surface area contributed by atoms with Gasteiger partial charge in [0.2, 0.25) is 5.91 Å². The van der Waals surface area contributed by atoms with Crippen molar-refractivity contribution in [2.45, 2.75) is 25.8 Å². The predicted molar refractivity (Wildman–Crippen MR) is 134 cm³/mol. The molecule has 2 aromatic rings. The number of pyridine rings is 1. The molecule has 4 rings (SSSR count). The molecule has 1 fully saturated rings. The van der Waals surface area contributed by atoms with Crippen LogP contribution in [0.1, 0.15) is 52.2 Å². The Labute approximate surface area is 213 Å². The van der Waals surface area contributed by atoms with Crippen molar-refractivity contribution in [1.82, 2.24) is 14.8 Å².